The Morgan fingerprint density at radius 2 is 2.00 bits per heavy atom. The molecule has 17 heavy (non-hydrogen) atoms. The van der Waals surface area contributed by atoms with Gasteiger partial charge in [0.2, 0.25) is 5.89 Å². The fourth-order valence-electron chi connectivity index (χ4n) is 1.26. The van der Waals surface area contributed by atoms with Gasteiger partial charge in [0, 0.05) is 19.1 Å². The van der Waals surface area contributed by atoms with Crippen LogP contribution < -0.4 is 0 Å². The van der Waals surface area contributed by atoms with Crippen molar-refractivity contribution < 1.29 is 9.45 Å². The van der Waals surface area contributed by atoms with Gasteiger partial charge < -0.3 is 4.52 Å². The van der Waals surface area contributed by atoms with Gasteiger partial charge in [0.05, 0.1) is 4.92 Å². The van der Waals surface area contributed by atoms with Crippen LogP contribution >= 0.6 is 0 Å². The van der Waals surface area contributed by atoms with Gasteiger partial charge in [-0.1, -0.05) is 11.2 Å². The van der Waals surface area contributed by atoms with E-state index in [0.717, 1.165) is 5.56 Å². The summed E-state index contributed by atoms with van der Waals surface area (Å²) in [5, 5.41) is 14.1. The van der Waals surface area contributed by atoms with Crippen LogP contribution in [-0.2, 0) is 0 Å². The Labute approximate surface area is 96.7 Å². The molecule has 6 nitrogen and oxygen atoms in total. The summed E-state index contributed by atoms with van der Waals surface area (Å²) in [6.07, 6.45) is 3.44. The number of nitro benzene ring substituents is 1. The van der Waals surface area contributed by atoms with Crippen LogP contribution in [0.3, 0.4) is 0 Å². The zero-order valence-electron chi connectivity index (χ0n) is 9.03. The minimum atomic E-state index is -0.434. The Morgan fingerprint density at radius 1 is 1.29 bits per heavy atom. The molecule has 0 radical (unpaired) electrons. The second kappa shape index (κ2) is 4.56. The molecule has 0 aliphatic heterocycles. The van der Waals surface area contributed by atoms with Crippen molar-refractivity contribution in [2.75, 3.05) is 0 Å². The molecule has 2 aromatic rings. The van der Waals surface area contributed by atoms with Crippen molar-refractivity contribution in [3.63, 3.8) is 0 Å². The quantitative estimate of drug-likeness (QED) is 0.598. The molecule has 1 aromatic carbocycles. The summed E-state index contributed by atoms with van der Waals surface area (Å²) in [6.45, 7) is 1.70. The van der Waals surface area contributed by atoms with Crippen molar-refractivity contribution in [1.29, 1.82) is 0 Å². The standard InChI is InChI=1S/C11H9N3O3/c1-8-12-11(13-17-8)7-4-9-2-5-10(6-3-9)14(15)16/h2-7H,1H3. The van der Waals surface area contributed by atoms with Gasteiger partial charge in [-0.15, -0.1) is 0 Å². The molecule has 0 aliphatic rings. The molecule has 0 atom stereocenters. The fraction of sp³-hybridized carbons (Fsp3) is 0.0909. The van der Waals surface area contributed by atoms with Crippen LogP contribution in [0, 0.1) is 17.0 Å². The minimum absolute atomic E-state index is 0.0672. The van der Waals surface area contributed by atoms with E-state index in [9.17, 15) is 10.1 Å². The molecule has 1 heterocycles. The molecule has 0 bridgehead atoms. The molecular weight excluding hydrogens is 222 g/mol. The molecule has 1 aromatic heterocycles. The lowest BCUT2D eigenvalue weighted by Crippen LogP contribution is -1.86. The van der Waals surface area contributed by atoms with Crippen molar-refractivity contribution >= 4 is 17.8 Å². The summed E-state index contributed by atoms with van der Waals surface area (Å²) >= 11 is 0. The summed E-state index contributed by atoms with van der Waals surface area (Å²) in [5.74, 6) is 0.967. The van der Waals surface area contributed by atoms with Crippen LogP contribution in [-0.4, -0.2) is 15.1 Å². The van der Waals surface area contributed by atoms with Crippen molar-refractivity contribution in [3.8, 4) is 0 Å². The fourth-order valence-corrected chi connectivity index (χ4v) is 1.26. The lowest BCUT2D eigenvalue weighted by Gasteiger charge is -1.92. The second-order valence-electron chi connectivity index (χ2n) is 3.35. The lowest BCUT2D eigenvalue weighted by molar-refractivity contribution is -0.384. The van der Waals surface area contributed by atoms with E-state index in [4.69, 9.17) is 4.52 Å². The van der Waals surface area contributed by atoms with Gasteiger partial charge in [0.25, 0.3) is 5.69 Å². The average Bonchev–Trinajstić information content (AvgIpc) is 2.73. The zero-order valence-corrected chi connectivity index (χ0v) is 9.03. The monoisotopic (exact) mass is 231 g/mol. The van der Waals surface area contributed by atoms with E-state index in [0.29, 0.717) is 11.7 Å². The SMILES string of the molecule is Cc1nc(C=Cc2ccc([N+](=O)[O-])cc2)no1. The van der Waals surface area contributed by atoms with E-state index >= 15 is 0 Å². The Morgan fingerprint density at radius 3 is 2.53 bits per heavy atom. The average molecular weight is 231 g/mol. The highest BCUT2D eigenvalue weighted by molar-refractivity contribution is 5.66. The van der Waals surface area contributed by atoms with Gasteiger partial charge in [-0.05, 0) is 23.8 Å². The molecule has 0 aliphatic carbocycles. The third kappa shape index (κ3) is 2.75. The van der Waals surface area contributed by atoms with Crippen LogP contribution in [0.15, 0.2) is 28.8 Å². The van der Waals surface area contributed by atoms with Crippen molar-refractivity contribution in [2.45, 2.75) is 6.92 Å². The number of nitrogens with zero attached hydrogens (tertiary/aromatic N) is 3. The van der Waals surface area contributed by atoms with Crippen molar-refractivity contribution in [3.05, 3.63) is 51.7 Å². The minimum Gasteiger partial charge on any atom is -0.339 e. The Bertz CT molecular complexity index is 558. The maximum absolute atomic E-state index is 10.4. The van der Waals surface area contributed by atoms with Crippen LogP contribution in [0.4, 0.5) is 5.69 Å². The number of nitro groups is 1. The van der Waals surface area contributed by atoms with E-state index in [2.05, 4.69) is 10.1 Å². The van der Waals surface area contributed by atoms with E-state index in [1.54, 1.807) is 31.2 Å². The number of hydrogen-bond acceptors (Lipinski definition) is 5. The highest BCUT2D eigenvalue weighted by Crippen LogP contribution is 2.13. The summed E-state index contributed by atoms with van der Waals surface area (Å²) in [7, 11) is 0. The molecule has 0 spiro atoms. The maximum atomic E-state index is 10.4. The van der Waals surface area contributed by atoms with E-state index in [-0.39, 0.29) is 5.69 Å². The van der Waals surface area contributed by atoms with E-state index in [1.807, 2.05) is 0 Å². The summed E-state index contributed by atoms with van der Waals surface area (Å²) in [6, 6.07) is 6.20. The summed E-state index contributed by atoms with van der Waals surface area (Å²) < 4.78 is 4.80. The highest BCUT2D eigenvalue weighted by atomic mass is 16.6. The first-order valence-corrected chi connectivity index (χ1v) is 4.88. The van der Waals surface area contributed by atoms with E-state index < -0.39 is 4.92 Å². The van der Waals surface area contributed by atoms with E-state index in [1.165, 1.54) is 12.1 Å². The first-order valence-electron chi connectivity index (χ1n) is 4.88. The number of aryl methyl sites for hydroxylation is 1. The molecule has 0 N–H and O–H groups in total. The number of non-ortho nitro benzene ring substituents is 1. The topological polar surface area (TPSA) is 82.1 Å². The van der Waals surface area contributed by atoms with Gasteiger partial charge >= 0.3 is 0 Å². The normalized spacial score (nSPS) is 10.9. The third-order valence-electron chi connectivity index (χ3n) is 2.07. The molecule has 6 heteroatoms. The van der Waals surface area contributed by atoms with Gasteiger partial charge in [-0.3, -0.25) is 10.1 Å². The zero-order chi connectivity index (χ0) is 12.3. The predicted molar refractivity (Wildman–Crippen MR) is 61.1 cm³/mol. The smallest absolute Gasteiger partial charge is 0.269 e. The Hall–Kier alpha value is -2.50. The highest BCUT2D eigenvalue weighted by Gasteiger charge is 2.02. The van der Waals surface area contributed by atoms with Gasteiger partial charge in [-0.25, -0.2) is 0 Å². The summed E-state index contributed by atoms with van der Waals surface area (Å²) in [5.41, 5.74) is 0.899. The molecule has 0 saturated heterocycles. The molecule has 0 amide bonds. The Balaban J connectivity index is 2.13. The molecule has 0 saturated carbocycles. The number of rotatable bonds is 3. The third-order valence-corrected chi connectivity index (χ3v) is 2.07. The van der Waals surface area contributed by atoms with Crippen molar-refractivity contribution in [1.82, 2.24) is 10.1 Å². The molecular formula is C11H9N3O3. The first-order chi connectivity index (χ1) is 8.15. The summed E-state index contributed by atoms with van der Waals surface area (Å²) in [4.78, 5) is 14.0. The van der Waals surface area contributed by atoms with Crippen LogP contribution in [0.5, 0.6) is 0 Å². The second-order valence-corrected chi connectivity index (χ2v) is 3.35. The van der Waals surface area contributed by atoms with Gasteiger partial charge in [0.1, 0.15) is 0 Å². The largest absolute Gasteiger partial charge is 0.339 e. The Kier molecular flexibility index (Phi) is 2.95. The van der Waals surface area contributed by atoms with Crippen molar-refractivity contribution in [2.24, 2.45) is 0 Å². The number of aromatic nitrogens is 2. The van der Waals surface area contributed by atoms with Crippen LogP contribution in [0.1, 0.15) is 17.3 Å². The van der Waals surface area contributed by atoms with Gasteiger partial charge in [-0.2, -0.15) is 4.98 Å². The molecule has 0 unspecified atom stereocenters. The predicted octanol–water partition coefficient (Wildman–Crippen LogP) is 2.46. The first kappa shape index (κ1) is 11.0. The molecule has 86 valence electrons. The molecule has 0 fully saturated rings. The van der Waals surface area contributed by atoms with Crippen LogP contribution in [0.25, 0.3) is 12.2 Å². The number of hydrogen-bond donors (Lipinski definition) is 0. The lowest BCUT2D eigenvalue weighted by atomic mass is 10.2. The van der Waals surface area contributed by atoms with Crippen LogP contribution in [0.2, 0.25) is 0 Å². The number of benzene rings is 1. The van der Waals surface area contributed by atoms with Gasteiger partial charge in [0.15, 0.2) is 5.82 Å². The molecule has 2 rings (SSSR count). The maximum Gasteiger partial charge on any atom is 0.269 e.